The summed E-state index contributed by atoms with van der Waals surface area (Å²) in [6, 6.07) is 5.27. The number of aromatic nitrogens is 5. The molecule has 0 unspecified atom stereocenters. The second kappa shape index (κ2) is 9.46. The van der Waals surface area contributed by atoms with Gasteiger partial charge in [-0.25, -0.2) is 27.3 Å². The number of pyridine rings is 2. The first kappa shape index (κ1) is 23.8. The van der Waals surface area contributed by atoms with E-state index in [0.29, 0.717) is 16.7 Å². The number of halogens is 4. The molecule has 0 saturated heterocycles. The molecule has 4 rings (SSSR count). The Morgan fingerprint density at radius 2 is 1.69 bits per heavy atom. The van der Waals surface area contributed by atoms with Crippen molar-refractivity contribution < 1.29 is 13.2 Å². The summed E-state index contributed by atoms with van der Waals surface area (Å²) >= 11 is 6.03. The Morgan fingerprint density at radius 3 is 2.34 bits per heavy atom. The molecule has 0 aliphatic rings. The molecule has 3 aromatic heterocycles. The number of nitrogens with zero attached hydrogens (tertiary/aromatic N) is 3. The topological polar surface area (TPSA) is 135 Å². The molecule has 1 aromatic carbocycles. The lowest BCUT2D eigenvalue weighted by Crippen LogP contribution is -2.43. The second-order valence-corrected chi connectivity index (χ2v) is 7.66. The van der Waals surface area contributed by atoms with Crippen LogP contribution in [0.3, 0.4) is 0 Å². The number of H-pyrrole nitrogens is 2. The summed E-state index contributed by atoms with van der Waals surface area (Å²) < 4.78 is 42.4. The first-order valence-electron chi connectivity index (χ1n) is 9.81. The average molecular weight is 507 g/mol. The number of hydrogen-bond acceptors (Lipinski definition) is 6. The highest BCUT2D eigenvalue weighted by Gasteiger charge is 2.18. The largest absolute Gasteiger partial charge is 0.355 e. The van der Waals surface area contributed by atoms with Crippen molar-refractivity contribution in [2.75, 3.05) is 5.32 Å². The molecule has 4 aromatic rings. The van der Waals surface area contributed by atoms with Crippen LogP contribution in [0, 0.1) is 17.5 Å². The minimum atomic E-state index is -1.69. The van der Waals surface area contributed by atoms with Gasteiger partial charge in [0.2, 0.25) is 11.5 Å². The predicted octanol–water partition coefficient (Wildman–Crippen LogP) is 1.69. The highest BCUT2D eigenvalue weighted by atomic mass is 35.5. The molecule has 0 radical (unpaired) electrons. The minimum absolute atomic E-state index is 0.0556. The highest BCUT2D eigenvalue weighted by Crippen LogP contribution is 2.22. The molecular formula is C21H14ClF3N6O4. The van der Waals surface area contributed by atoms with Crippen molar-refractivity contribution in [1.82, 2.24) is 24.1 Å². The van der Waals surface area contributed by atoms with E-state index in [2.05, 4.69) is 20.3 Å². The maximum absolute atomic E-state index is 13.8. The van der Waals surface area contributed by atoms with E-state index in [1.807, 2.05) is 0 Å². The second-order valence-electron chi connectivity index (χ2n) is 7.25. The van der Waals surface area contributed by atoms with Gasteiger partial charge in [-0.05, 0) is 23.8 Å². The minimum Gasteiger partial charge on any atom is -0.329 e. The van der Waals surface area contributed by atoms with Gasteiger partial charge in [0.15, 0.2) is 17.5 Å². The molecule has 35 heavy (non-hydrogen) atoms. The third-order valence-electron chi connectivity index (χ3n) is 4.88. The Kier molecular flexibility index (Phi) is 6.42. The van der Waals surface area contributed by atoms with Gasteiger partial charge in [0.05, 0.1) is 23.8 Å². The van der Waals surface area contributed by atoms with Crippen LogP contribution in [0.1, 0.15) is 11.1 Å². The predicted molar refractivity (Wildman–Crippen MR) is 120 cm³/mol. The van der Waals surface area contributed by atoms with Crippen LogP contribution in [0.4, 0.5) is 24.8 Å². The number of aromatic amines is 2. The van der Waals surface area contributed by atoms with E-state index in [1.54, 1.807) is 0 Å². The zero-order valence-corrected chi connectivity index (χ0v) is 18.2. The summed E-state index contributed by atoms with van der Waals surface area (Å²) in [5, 5.41) is 2.54. The van der Waals surface area contributed by atoms with Crippen molar-refractivity contribution in [3.05, 3.63) is 118 Å². The maximum Gasteiger partial charge on any atom is 0.355 e. The fourth-order valence-electron chi connectivity index (χ4n) is 3.20. The van der Waals surface area contributed by atoms with E-state index < -0.39 is 59.0 Å². The van der Waals surface area contributed by atoms with E-state index in [0.717, 1.165) is 16.8 Å². The highest BCUT2D eigenvalue weighted by molar-refractivity contribution is 6.33. The molecule has 0 fully saturated rings. The van der Waals surface area contributed by atoms with Crippen LogP contribution in [-0.2, 0) is 13.1 Å². The molecule has 3 heterocycles. The number of nitrogens with one attached hydrogen (secondary N) is 3. The van der Waals surface area contributed by atoms with Crippen molar-refractivity contribution in [2.24, 2.45) is 0 Å². The van der Waals surface area contributed by atoms with Gasteiger partial charge in [0.1, 0.15) is 0 Å². The molecular weight excluding hydrogens is 493 g/mol. The van der Waals surface area contributed by atoms with E-state index in [9.17, 15) is 32.3 Å². The Morgan fingerprint density at radius 1 is 0.971 bits per heavy atom. The summed E-state index contributed by atoms with van der Waals surface area (Å²) in [6.45, 7) is -0.999. The lowest BCUT2D eigenvalue weighted by Gasteiger charge is -2.16. The molecule has 14 heteroatoms. The van der Waals surface area contributed by atoms with Crippen LogP contribution in [0.5, 0.6) is 0 Å². The quantitative estimate of drug-likeness (QED) is 0.341. The average Bonchev–Trinajstić information content (AvgIpc) is 2.80. The molecule has 0 atom stereocenters. The van der Waals surface area contributed by atoms with Crippen LogP contribution >= 0.6 is 11.6 Å². The van der Waals surface area contributed by atoms with Gasteiger partial charge >= 0.3 is 11.4 Å². The number of anilines is 2. The Hall–Kier alpha value is -4.39. The fourth-order valence-corrected chi connectivity index (χ4v) is 3.40. The maximum atomic E-state index is 13.8. The fraction of sp³-hybridized carbons (Fsp3) is 0.0952. The normalized spacial score (nSPS) is 11.0. The zero-order chi connectivity index (χ0) is 25.3. The number of hydrogen-bond donors (Lipinski definition) is 3. The van der Waals surface area contributed by atoms with Crippen LogP contribution in [0.15, 0.2) is 61.9 Å². The molecule has 0 bridgehead atoms. The smallest absolute Gasteiger partial charge is 0.329 e. The molecule has 180 valence electrons. The van der Waals surface area contributed by atoms with Crippen molar-refractivity contribution in [1.29, 1.82) is 0 Å². The number of benzene rings is 1. The summed E-state index contributed by atoms with van der Waals surface area (Å²) in [4.78, 5) is 58.0. The van der Waals surface area contributed by atoms with E-state index >= 15 is 0 Å². The first-order chi connectivity index (χ1) is 16.6. The summed E-state index contributed by atoms with van der Waals surface area (Å²) in [5.74, 6) is -5.05. The molecule has 0 saturated carbocycles. The summed E-state index contributed by atoms with van der Waals surface area (Å²) in [7, 11) is 0. The van der Waals surface area contributed by atoms with Crippen LogP contribution in [0.2, 0.25) is 5.02 Å². The lowest BCUT2D eigenvalue weighted by atomic mass is 10.2. The Balaban J connectivity index is 1.87. The molecule has 0 aliphatic heterocycles. The third kappa shape index (κ3) is 4.94. The van der Waals surface area contributed by atoms with Crippen LogP contribution in [0.25, 0.3) is 0 Å². The van der Waals surface area contributed by atoms with Gasteiger partial charge < -0.3 is 15.3 Å². The van der Waals surface area contributed by atoms with Crippen molar-refractivity contribution in [2.45, 2.75) is 13.1 Å². The molecule has 0 aliphatic carbocycles. The molecule has 10 nitrogen and oxygen atoms in total. The van der Waals surface area contributed by atoms with Gasteiger partial charge in [0.25, 0.3) is 5.56 Å². The van der Waals surface area contributed by atoms with Gasteiger partial charge in [-0.1, -0.05) is 17.7 Å². The van der Waals surface area contributed by atoms with Crippen molar-refractivity contribution in [3.63, 3.8) is 0 Å². The van der Waals surface area contributed by atoms with E-state index in [1.165, 1.54) is 18.3 Å². The Bertz CT molecular complexity index is 1650. The molecule has 3 N–H and O–H groups in total. The van der Waals surface area contributed by atoms with Gasteiger partial charge in [-0.2, -0.15) is 4.98 Å². The van der Waals surface area contributed by atoms with Crippen LogP contribution in [-0.4, -0.2) is 24.1 Å². The third-order valence-corrected chi connectivity index (χ3v) is 5.20. The van der Waals surface area contributed by atoms with Gasteiger partial charge in [-0.15, -0.1) is 0 Å². The van der Waals surface area contributed by atoms with Crippen molar-refractivity contribution >= 4 is 23.2 Å². The Labute approximate surface area is 197 Å². The SMILES string of the molecule is O=c1cc(Cl)c(Nc2nc(=O)n(Cc3ccc[nH]c3=O)c(=O)n2Cc2cc(F)c(F)c(F)c2)c[nH]1. The molecule has 0 spiro atoms. The van der Waals surface area contributed by atoms with Crippen molar-refractivity contribution in [3.8, 4) is 0 Å². The standard InChI is InChI=1S/C21H14ClF3N6O4/c22-12-6-16(32)27-7-15(12)28-19-29-20(34)31(9-11-2-1-3-26-18(11)33)21(35)30(19)8-10-4-13(23)17(25)14(24)5-10/h1-7H,8-9H2,(H,26,33)(H,27,32)(H,28,29,34). The van der Waals surface area contributed by atoms with Crippen LogP contribution < -0.4 is 27.8 Å². The summed E-state index contributed by atoms with van der Waals surface area (Å²) in [5.41, 5.74) is -3.15. The van der Waals surface area contributed by atoms with E-state index in [-0.39, 0.29) is 21.8 Å². The summed E-state index contributed by atoms with van der Waals surface area (Å²) in [6.07, 6.45) is 2.52. The monoisotopic (exact) mass is 506 g/mol. The zero-order valence-electron chi connectivity index (χ0n) is 17.4. The van der Waals surface area contributed by atoms with Gasteiger partial charge in [-0.3, -0.25) is 14.2 Å². The molecule has 0 amide bonds. The van der Waals surface area contributed by atoms with E-state index in [4.69, 9.17) is 11.6 Å². The number of rotatable bonds is 6. The lowest BCUT2D eigenvalue weighted by molar-refractivity contribution is 0.444. The first-order valence-corrected chi connectivity index (χ1v) is 10.2. The van der Waals surface area contributed by atoms with Gasteiger partial charge in [0, 0.05) is 24.0 Å².